The van der Waals surface area contributed by atoms with Crippen molar-refractivity contribution in [2.45, 2.75) is 13.0 Å². The summed E-state index contributed by atoms with van der Waals surface area (Å²) in [6.07, 6.45) is 0.789. The van der Waals surface area contributed by atoms with Crippen molar-refractivity contribution in [2.24, 2.45) is 5.73 Å². The lowest BCUT2D eigenvalue weighted by molar-refractivity contribution is 0.00489. The van der Waals surface area contributed by atoms with Crippen LogP contribution in [0, 0.1) is 24.0 Å². The first-order chi connectivity index (χ1) is 20.0. The van der Waals surface area contributed by atoms with E-state index in [9.17, 15) is 22.0 Å². The third-order valence-electron chi connectivity index (χ3n) is 6.37. The maximum atomic E-state index is 14.7. The fourth-order valence-corrected chi connectivity index (χ4v) is 5.25. The molecule has 1 aromatic heterocycles. The summed E-state index contributed by atoms with van der Waals surface area (Å²) in [6.45, 7) is 2.20. The monoisotopic (exact) mass is 596 g/mol. The maximum absolute atomic E-state index is 14.7. The number of carbonyl (C=O) groups excluding carboxylic acids is 1. The highest BCUT2D eigenvalue weighted by molar-refractivity contribution is 7.90. The molecule has 1 aliphatic rings. The number of aromatic nitrogens is 1. The van der Waals surface area contributed by atoms with Gasteiger partial charge in [0.25, 0.3) is 10.2 Å². The van der Waals surface area contributed by atoms with Crippen LogP contribution in [-0.2, 0) is 14.9 Å². The van der Waals surface area contributed by atoms with Gasteiger partial charge in [0.2, 0.25) is 5.78 Å². The van der Waals surface area contributed by atoms with E-state index in [0.29, 0.717) is 22.4 Å². The normalized spacial score (nSPS) is 14.2. The zero-order valence-corrected chi connectivity index (χ0v) is 22.9. The third-order valence-corrected chi connectivity index (χ3v) is 7.50. The summed E-state index contributed by atoms with van der Waals surface area (Å²) in [5, 5.41) is 11.0. The molecule has 0 amide bonds. The predicted molar refractivity (Wildman–Crippen MR) is 154 cm³/mol. The molecule has 2 heterocycles. The zero-order valence-electron chi connectivity index (χ0n) is 22.1. The molecular formula is C28H26F2N6O5S. The fraction of sp³-hybridized carbons (Fsp3) is 0.143. The average Bonchev–Trinajstić information content (AvgIpc) is 3.32. The highest BCUT2D eigenvalue weighted by atomic mass is 32.2. The Kier molecular flexibility index (Phi) is 7.93. The molecule has 0 aliphatic carbocycles. The van der Waals surface area contributed by atoms with Gasteiger partial charge in [-0.05, 0) is 61.0 Å². The summed E-state index contributed by atoms with van der Waals surface area (Å²) >= 11 is 0. The number of ether oxygens (including phenoxy) is 2. The van der Waals surface area contributed by atoms with Crippen LogP contribution < -0.4 is 25.2 Å². The molecule has 7 N–H and O–H groups in total. The largest absolute Gasteiger partial charge is 0.454 e. The number of para-hydroxylation sites is 1. The summed E-state index contributed by atoms with van der Waals surface area (Å²) in [5.41, 5.74) is 7.12. The van der Waals surface area contributed by atoms with Crippen molar-refractivity contribution in [3.05, 3.63) is 94.9 Å². The summed E-state index contributed by atoms with van der Waals surface area (Å²) in [4.78, 5) is 16.1. The summed E-state index contributed by atoms with van der Waals surface area (Å²) in [7, 11) is -4.07. The molecule has 1 fully saturated rings. The summed E-state index contributed by atoms with van der Waals surface area (Å²) in [6, 6.07) is 14.1. The Bertz CT molecular complexity index is 1840. The minimum atomic E-state index is -4.07. The number of aromatic amines is 1. The summed E-state index contributed by atoms with van der Waals surface area (Å²) in [5.74, 6) is -1.68. The van der Waals surface area contributed by atoms with E-state index in [0.717, 1.165) is 12.3 Å². The molecule has 11 nitrogen and oxygen atoms in total. The van der Waals surface area contributed by atoms with Gasteiger partial charge < -0.3 is 30.9 Å². The van der Waals surface area contributed by atoms with Gasteiger partial charge >= 0.3 is 0 Å². The number of allylic oxidation sites excluding steroid dienone is 1. The van der Waals surface area contributed by atoms with Gasteiger partial charge in [0.1, 0.15) is 17.4 Å². The summed E-state index contributed by atoms with van der Waals surface area (Å²) < 4.78 is 68.3. The van der Waals surface area contributed by atoms with Crippen LogP contribution in [0.1, 0.15) is 16.1 Å². The quantitative estimate of drug-likeness (QED) is 0.0851. The van der Waals surface area contributed by atoms with Gasteiger partial charge in [-0.15, -0.1) is 0 Å². The van der Waals surface area contributed by atoms with Crippen molar-refractivity contribution in [1.82, 2.24) is 9.71 Å². The number of Topliss-reactive ketones (excluding diaryl/α,β-unsaturated/α-hetero) is 1. The van der Waals surface area contributed by atoms with E-state index in [1.54, 1.807) is 37.3 Å². The van der Waals surface area contributed by atoms with Crippen LogP contribution in [0.4, 0.5) is 20.2 Å². The minimum absolute atomic E-state index is 0.00255. The average molecular weight is 597 g/mol. The van der Waals surface area contributed by atoms with Gasteiger partial charge in [-0.2, -0.15) is 13.1 Å². The van der Waals surface area contributed by atoms with Crippen molar-refractivity contribution in [2.75, 3.05) is 23.3 Å². The molecular weight excluding hydrogens is 570 g/mol. The topological polar surface area (TPSA) is 171 Å². The van der Waals surface area contributed by atoms with Crippen molar-refractivity contribution >= 4 is 44.5 Å². The van der Waals surface area contributed by atoms with E-state index in [-0.39, 0.29) is 47.3 Å². The number of halogens is 2. The maximum Gasteiger partial charge on any atom is 0.299 e. The number of aryl methyl sites for hydroxylation is 1. The van der Waals surface area contributed by atoms with Gasteiger partial charge in [0.15, 0.2) is 11.6 Å². The lowest BCUT2D eigenvalue weighted by atomic mass is 10.1. The van der Waals surface area contributed by atoms with Crippen molar-refractivity contribution in [3.8, 4) is 11.5 Å². The highest BCUT2D eigenvalue weighted by Gasteiger charge is 2.25. The van der Waals surface area contributed by atoms with Gasteiger partial charge in [0.05, 0.1) is 36.2 Å². The third kappa shape index (κ3) is 6.25. The lowest BCUT2D eigenvalue weighted by Crippen LogP contribution is -2.50. The Labute approximate surface area is 239 Å². The van der Waals surface area contributed by atoms with E-state index in [1.807, 2.05) is 0 Å². The van der Waals surface area contributed by atoms with Crippen LogP contribution in [0.15, 0.2) is 72.1 Å². The molecule has 5 rings (SSSR count). The Hall–Kier alpha value is -4.79. The standard InChI is InChI=1S/C28H26F2N6O5S/c1-15-8-18(41-26-5-3-2-4-20(26)29)6-7-22(15)34-28(32)19(12-31)27(37)25-10-16-9-21(30)24(11-23(16)33-25)36-42(38,39)35-17-13-40-14-17/h2-12,17,31,33-36H,13-14,32H2,1H3/b28-19+,31-12?. The van der Waals surface area contributed by atoms with Crippen LogP contribution in [-0.4, -0.2) is 44.7 Å². The van der Waals surface area contributed by atoms with E-state index in [2.05, 4.69) is 19.7 Å². The number of ketones is 1. The molecule has 218 valence electrons. The van der Waals surface area contributed by atoms with Crippen LogP contribution in [0.25, 0.3) is 10.9 Å². The number of anilines is 2. The van der Waals surface area contributed by atoms with E-state index in [1.165, 1.54) is 24.3 Å². The van der Waals surface area contributed by atoms with Gasteiger partial charge in [-0.25, -0.2) is 8.78 Å². The number of hydrogen-bond acceptors (Lipinski definition) is 8. The first kappa shape index (κ1) is 28.7. The number of hydrogen-bond donors (Lipinski definition) is 6. The number of H-pyrrole nitrogens is 1. The van der Waals surface area contributed by atoms with E-state index < -0.39 is 33.7 Å². The minimum Gasteiger partial charge on any atom is -0.454 e. The van der Waals surface area contributed by atoms with E-state index >= 15 is 0 Å². The molecule has 0 atom stereocenters. The SMILES string of the molecule is Cc1cc(Oc2ccccc2F)ccc1N/C(N)=C(\C=N)C(=O)c1cc2cc(F)c(NS(=O)(=O)NC3COC3)cc2[nH]1. The number of benzene rings is 3. The van der Waals surface area contributed by atoms with Gasteiger partial charge in [-0.1, -0.05) is 12.1 Å². The van der Waals surface area contributed by atoms with Gasteiger partial charge in [0, 0.05) is 22.8 Å². The molecule has 0 unspecified atom stereocenters. The molecule has 1 saturated heterocycles. The Morgan fingerprint density at radius 3 is 2.52 bits per heavy atom. The van der Waals surface area contributed by atoms with Crippen LogP contribution in [0.3, 0.4) is 0 Å². The second-order valence-corrected chi connectivity index (χ2v) is 10.9. The highest BCUT2D eigenvalue weighted by Crippen LogP contribution is 2.29. The van der Waals surface area contributed by atoms with E-state index in [4.69, 9.17) is 20.6 Å². The molecule has 0 saturated carbocycles. The smallest absolute Gasteiger partial charge is 0.299 e. The van der Waals surface area contributed by atoms with Crippen molar-refractivity contribution < 1.29 is 31.5 Å². The second-order valence-electron chi connectivity index (χ2n) is 9.50. The van der Waals surface area contributed by atoms with Crippen LogP contribution in [0.2, 0.25) is 0 Å². The van der Waals surface area contributed by atoms with Gasteiger partial charge in [-0.3, -0.25) is 9.52 Å². The molecule has 0 radical (unpaired) electrons. The molecule has 4 aromatic rings. The zero-order chi connectivity index (χ0) is 30.0. The number of rotatable bonds is 11. The van der Waals surface area contributed by atoms with Crippen LogP contribution in [0.5, 0.6) is 11.5 Å². The predicted octanol–water partition coefficient (Wildman–Crippen LogP) is 4.31. The Balaban J connectivity index is 1.34. The molecule has 42 heavy (non-hydrogen) atoms. The van der Waals surface area contributed by atoms with Crippen LogP contribution >= 0.6 is 0 Å². The van der Waals surface area contributed by atoms with Crippen molar-refractivity contribution in [3.63, 3.8) is 0 Å². The number of fused-ring (bicyclic) bond motifs is 1. The number of carbonyl (C=O) groups is 1. The second kappa shape index (κ2) is 11.6. The fourth-order valence-electron chi connectivity index (χ4n) is 4.17. The Morgan fingerprint density at radius 1 is 1.10 bits per heavy atom. The Morgan fingerprint density at radius 2 is 1.86 bits per heavy atom. The first-order valence-electron chi connectivity index (χ1n) is 12.6. The molecule has 0 bridgehead atoms. The van der Waals surface area contributed by atoms with Crippen molar-refractivity contribution in [1.29, 1.82) is 5.41 Å². The number of nitrogens with two attached hydrogens (primary N) is 1. The lowest BCUT2D eigenvalue weighted by Gasteiger charge is -2.26. The molecule has 3 aromatic carbocycles. The molecule has 0 spiro atoms. The number of nitrogens with one attached hydrogen (secondary N) is 5. The molecule has 14 heteroatoms. The molecule has 1 aliphatic heterocycles. The first-order valence-corrected chi connectivity index (χ1v) is 14.1.